The van der Waals surface area contributed by atoms with Gasteiger partial charge in [0.15, 0.2) is 5.78 Å². The van der Waals surface area contributed by atoms with Crippen molar-refractivity contribution in [3.05, 3.63) is 81.9 Å². The van der Waals surface area contributed by atoms with Crippen molar-refractivity contribution in [3.63, 3.8) is 0 Å². The lowest BCUT2D eigenvalue weighted by Crippen LogP contribution is -2.10. The first-order valence-electron chi connectivity index (χ1n) is 8.41. The number of esters is 1. The summed E-state index contributed by atoms with van der Waals surface area (Å²) in [6.07, 6.45) is 0. The standard InChI is InChI=1S/C24H20O3/c1-17-5-9-20(10-6-17)13-15-22(19(3)25)23(24(26)27-4)16-14-21-11-7-18(2)8-12-21/h5-12H,1-4H3/b23-22+. The molecule has 0 bridgehead atoms. The normalized spacial score (nSPS) is 10.5. The smallest absolute Gasteiger partial charge is 0.347 e. The van der Waals surface area contributed by atoms with Gasteiger partial charge in [-0.3, -0.25) is 4.79 Å². The van der Waals surface area contributed by atoms with E-state index in [2.05, 4.69) is 23.7 Å². The Labute approximate surface area is 160 Å². The summed E-state index contributed by atoms with van der Waals surface area (Å²) in [5, 5.41) is 0. The van der Waals surface area contributed by atoms with E-state index in [1.165, 1.54) is 14.0 Å². The van der Waals surface area contributed by atoms with Crippen molar-refractivity contribution >= 4 is 11.8 Å². The molecule has 3 heteroatoms. The highest BCUT2D eigenvalue weighted by atomic mass is 16.5. The van der Waals surface area contributed by atoms with Crippen LogP contribution in [0.25, 0.3) is 0 Å². The topological polar surface area (TPSA) is 43.4 Å². The first kappa shape index (κ1) is 19.8. The van der Waals surface area contributed by atoms with Crippen LogP contribution < -0.4 is 0 Å². The Bertz CT molecular complexity index is 1000. The Hall–Kier alpha value is -3.56. The lowest BCUT2D eigenvalue weighted by atomic mass is 10.0. The van der Waals surface area contributed by atoms with E-state index in [0.717, 1.165) is 22.3 Å². The molecule has 0 aliphatic rings. The number of ketones is 1. The molecule has 0 amide bonds. The van der Waals surface area contributed by atoms with Crippen LogP contribution in [-0.4, -0.2) is 18.9 Å². The summed E-state index contributed by atoms with van der Waals surface area (Å²) in [6, 6.07) is 15.1. The van der Waals surface area contributed by atoms with E-state index < -0.39 is 5.97 Å². The Balaban J connectivity index is 2.52. The highest BCUT2D eigenvalue weighted by molar-refractivity contribution is 6.08. The van der Waals surface area contributed by atoms with Crippen LogP contribution in [0.3, 0.4) is 0 Å². The predicted octanol–water partition coefficient (Wildman–Crippen LogP) is 3.77. The van der Waals surface area contributed by atoms with Crippen LogP contribution in [0.2, 0.25) is 0 Å². The molecule has 3 nitrogen and oxygen atoms in total. The molecule has 0 atom stereocenters. The molecule has 0 N–H and O–H groups in total. The fourth-order valence-electron chi connectivity index (χ4n) is 2.19. The van der Waals surface area contributed by atoms with E-state index in [1.807, 2.05) is 62.4 Å². The molecule has 2 aromatic rings. The minimum absolute atomic E-state index is 0.0369. The molecule has 0 saturated carbocycles. The number of Topliss-reactive ketones (excluding diaryl/α,β-unsaturated/α-hetero) is 1. The van der Waals surface area contributed by atoms with E-state index in [1.54, 1.807) is 0 Å². The SMILES string of the molecule is COC(=O)/C(C#Cc1ccc(C)cc1)=C(\C#Cc1ccc(C)cc1)C(C)=O. The molecule has 2 aromatic carbocycles. The fourth-order valence-corrected chi connectivity index (χ4v) is 2.19. The van der Waals surface area contributed by atoms with Gasteiger partial charge in [-0.05, 0) is 45.0 Å². The largest absolute Gasteiger partial charge is 0.465 e. The van der Waals surface area contributed by atoms with E-state index in [-0.39, 0.29) is 16.9 Å². The Morgan fingerprint density at radius 1 is 0.741 bits per heavy atom. The number of carbonyl (C=O) groups is 2. The molecule has 0 spiro atoms. The van der Waals surface area contributed by atoms with Crippen molar-refractivity contribution in [1.29, 1.82) is 0 Å². The molecule has 0 aliphatic carbocycles. The van der Waals surface area contributed by atoms with Crippen LogP contribution in [-0.2, 0) is 14.3 Å². The van der Waals surface area contributed by atoms with Crippen molar-refractivity contribution in [2.24, 2.45) is 0 Å². The molecule has 27 heavy (non-hydrogen) atoms. The van der Waals surface area contributed by atoms with E-state index >= 15 is 0 Å². The minimum Gasteiger partial charge on any atom is -0.465 e. The summed E-state index contributed by atoms with van der Waals surface area (Å²) in [5.41, 5.74) is 3.71. The van der Waals surface area contributed by atoms with Gasteiger partial charge >= 0.3 is 5.97 Å². The summed E-state index contributed by atoms with van der Waals surface area (Å²) in [5.74, 6) is 10.3. The second-order valence-electron chi connectivity index (χ2n) is 6.03. The predicted molar refractivity (Wildman–Crippen MR) is 106 cm³/mol. The van der Waals surface area contributed by atoms with Gasteiger partial charge in [0.05, 0.1) is 12.7 Å². The zero-order chi connectivity index (χ0) is 19.8. The van der Waals surface area contributed by atoms with Gasteiger partial charge < -0.3 is 4.74 Å². The number of aryl methyl sites for hydroxylation is 2. The molecule has 0 heterocycles. The number of allylic oxidation sites excluding steroid dienone is 1. The average Bonchev–Trinajstić information content (AvgIpc) is 2.66. The van der Waals surface area contributed by atoms with Gasteiger partial charge in [0, 0.05) is 11.1 Å². The summed E-state index contributed by atoms with van der Waals surface area (Å²) in [4.78, 5) is 24.3. The molecule has 0 aliphatic heterocycles. The highest BCUT2D eigenvalue weighted by Crippen LogP contribution is 2.09. The lowest BCUT2D eigenvalue weighted by molar-refractivity contribution is -0.135. The zero-order valence-electron chi connectivity index (χ0n) is 15.8. The second kappa shape index (κ2) is 9.22. The number of hydrogen-bond donors (Lipinski definition) is 0. The van der Waals surface area contributed by atoms with E-state index in [0.29, 0.717) is 0 Å². The molecule has 0 unspecified atom stereocenters. The molecule has 0 saturated heterocycles. The van der Waals surface area contributed by atoms with Crippen LogP contribution in [0.5, 0.6) is 0 Å². The van der Waals surface area contributed by atoms with Gasteiger partial charge in [-0.25, -0.2) is 4.79 Å². The number of benzene rings is 2. The van der Waals surface area contributed by atoms with Gasteiger partial charge in [0.1, 0.15) is 5.57 Å². The van der Waals surface area contributed by atoms with Gasteiger partial charge in [-0.15, -0.1) is 0 Å². The van der Waals surface area contributed by atoms with Crippen LogP contribution in [0.15, 0.2) is 59.7 Å². The average molecular weight is 356 g/mol. The Kier molecular flexibility index (Phi) is 6.75. The van der Waals surface area contributed by atoms with Crippen molar-refractivity contribution in [3.8, 4) is 23.7 Å². The first-order valence-corrected chi connectivity index (χ1v) is 8.41. The van der Waals surface area contributed by atoms with Gasteiger partial charge in [-0.2, -0.15) is 0 Å². The molecular formula is C24H20O3. The summed E-state index contributed by atoms with van der Waals surface area (Å²) in [7, 11) is 1.25. The zero-order valence-corrected chi connectivity index (χ0v) is 15.8. The Morgan fingerprint density at radius 3 is 1.52 bits per heavy atom. The third-order valence-electron chi connectivity index (χ3n) is 3.76. The maximum absolute atomic E-state index is 12.2. The number of ether oxygens (including phenoxy) is 1. The maximum Gasteiger partial charge on any atom is 0.347 e. The van der Waals surface area contributed by atoms with Crippen molar-refractivity contribution in [2.45, 2.75) is 20.8 Å². The molecule has 134 valence electrons. The van der Waals surface area contributed by atoms with Crippen LogP contribution in [0.1, 0.15) is 29.2 Å². The monoisotopic (exact) mass is 356 g/mol. The number of carbonyl (C=O) groups excluding carboxylic acids is 2. The van der Waals surface area contributed by atoms with Crippen molar-refractivity contribution in [2.75, 3.05) is 7.11 Å². The number of hydrogen-bond acceptors (Lipinski definition) is 3. The van der Waals surface area contributed by atoms with Crippen molar-refractivity contribution in [1.82, 2.24) is 0 Å². The quantitative estimate of drug-likeness (QED) is 0.467. The van der Waals surface area contributed by atoms with Gasteiger partial charge in [0.2, 0.25) is 0 Å². The fraction of sp³-hybridized carbons (Fsp3) is 0.167. The molecule has 0 radical (unpaired) electrons. The summed E-state index contributed by atoms with van der Waals surface area (Å²) >= 11 is 0. The third-order valence-corrected chi connectivity index (χ3v) is 3.76. The summed E-state index contributed by atoms with van der Waals surface area (Å²) in [6.45, 7) is 5.31. The number of methoxy groups -OCH3 is 1. The molecule has 2 rings (SSSR count). The van der Waals surface area contributed by atoms with E-state index in [9.17, 15) is 9.59 Å². The minimum atomic E-state index is -0.682. The van der Waals surface area contributed by atoms with Gasteiger partial charge in [-0.1, -0.05) is 59.1 Å². The molecule has 0 aromatic heterocycles. The van der Waals surface area contributed by atoms with Crippen LogP contribution in [0, 0.1) is 37.5 Å². The summed E-state index contributed by atoms with van der Waals surface area (Å²) < 4.78 is 4.80. The molecular weight excluding hydrogens is 336 g/mol. The Morgan fingerprint density at radius 2 is 1.15 bits per heavy atom. The maximum atomic E-state index is 12.2. The highest BCUT2D eigenvalue weighted by Gasteiger charge is 2.16. The molecule has 0 fully saturated rings. The van der Waals surface area contributed by atoms with Crippen LogP contribution >= 0.6 is 0 Å². The number of rotatable bonds is 2. The second-order valence-corrected chi connectivity index (χ2v) is 6.03. The van der Waals surface area contributed by atoms with Crippen LogP contribution in [0.4, 0.5) is 0 Å². The van der Waals surface area contributed by atoms with Crippen molar-refractivity contribution < 1.29 is 14.3 Å². The van der Waals surface area contributed by atoms with Gasteiger partial charge in [0.25, 0.3) is 0 Å². The first-order chi connectivity index (χ1) is 12.9. The lowest BCUT2D eigenvalue weighted by Gasteiger charge is -2.01. The third kappa shape index (κ3) is 5.73. The van der Waals surface area contributed by atoms with E-state index in [4.69, 9.17) is 4.74 Å².